The zero-order chi connectivity index (χ0) is 19.2. The molecule has 1 aromatic carbocycles. The quantitative estimate of drug-likeness (QED) is 0.765. The monoisotopic (exact) mass is 389 g/mol. The summed E-state index contributed by atoms with van der Waals surface area (Å²) in [5, 5.41) is 5.44. The number of esters is 1. The number of benzene rings is 1. The molecule has 1 amide bonds. The summed E-state index contributed by atoms with van der Waals surface area (Å²) >= 11 is 1.47. The van der Waals surface area contributed by atoms with Gasteiger partial charge in [0.05, 0.1) is 31.4 Å². The summed E-state index contributed by atoms with van der Waals surface area (Å²) in [6, 6.07) is 6.69. The van der Waals surface area contributed by atoms with Crippen LogP contribution in [0.25, 0.3) is 0 Å². The second-order valence-corrected chi connectivity index (χ2v) is 7.45. The Morgan fingerprint density at radius 3 is 2.85 bits per heavy atom. The summed E-state index contributed by atoms with van der Waals surface area (Å²) in [6.45, 7) is 7.52. The highest BCUT2D eigenvalue weighted by atomic mass is 32.1. The summed E-state index contributed by atoms with van der Waals surface area (Å²) < 4.78 is 10.5. The average Bonchev–Trinajstić information content (AvgIpc) is 3.11. The first-order valence-corrected chi connectivity index (χ1v) is 9.76. The Labute approximate surface area is 162 Å². The number of morpholine rings is 1. The largest absolute Gasteiger partial charge is 0.459 e. The van der Waals surface area contributed by atoms with E-state index in [4.69, 9.17) is 9.47 Å². The SMILES string of the molecule is CC(C)OC(=O)c1cccc(NC(=O)c2csc(CN3CCOCC3)n2)c1. The van der Waals surface area contributed by atoms with Gasteiger partial charge in [0.1, 0.15) is 10.7 Å². The van der Waals surface area contributed by atoms with Gasteiger partial charge in [-0.2, -0.15) is 0 Å². The minimum absolute atomic E-state index is 0.198. The smallest absolute Gasteiger partial charge is 0.338 e. The Morgan fingerprint density at radius 2 is 2.11 bits per heavy atom. The van der Waals surface area contributed by atoms with Crippen LogP contribution in [-0.4, -0.2) is 54.2 Å². The lowest BCUT2D eigenvalue weighted by Crippen LogP contribution is -2.35. The average molecular weight is 389 g/mol. The van der Waals surface area contributed by atoms with Gasteiger partial charge in [-0.15, -0.1) is 11.3 Å². The van der Waals surface area contributed by atoms with Crippen LogP contribution in [0.1, 0.15) is 39.7 Å². The van der Waals surface area contributed by atoms with Gasteiger partial charge in [-0.25, -0.2) is 9.78 Å². The molecule has 144 valence electrons. The van der Waals surface area contributed by atoms with Crippen molar-refractivity contribution in [3.63, 3.8) is 0 Å². The van der Waals surface area contributed by atoms with Crippen LogP contribution in [0.3, 0.4) is 0 Å². The summed E-state index contributed by atoms with van der Waals surface area (Å²) in [5.41, 5.74) is 1.30. The zero-order valence-corrected chi connectivity index (χ0v) is 16.3. The van der Waals surface area contributed by atoms with Crippen LogP contribution in [0.5, 0.6) is 0 Å². The standard InChI is InChI=1S/C19H23N3O4S/c1-13(2)26-19(24)14-4-3-5-15(10-14)20-18(23)16-12-27-17(21-16)11-22-6-8-25-9-7-22/h3-5,10,12-13H,6-9,11H2,1-2H3,(H,20,23). The Kier molecular flexibility index (Phi) is 6.54. The number of nitrogens with zero attached hydrogens (tertiary/aromatic N) is 2. The summed E-state index contributed by atoms with van der Waals surface area (Å²) in [7, 11) is 0. The fraction of sp³-hybridized carbons (Fsp3) is 0.421. The zero-order valence-electron chi connectivity index (χ0n) is 15.4. The van der Waals surface area contributed by atoms with Gasteiger partial charge in [-0.05, 0) is 32.0 Å². The van der Waals surface area contributed by atoms with Gasteiger partial charge in [0.15, 0.2) is 0 Å². The lowest BCUT2D eigenvalue weighted by atomic mass is 10.2. The third kappa shape index (κ3) is 5.59. The van der Waals surface area contributed by atoms with Crippen LogP contribution in [0.15, 0.2) is 29.6 Å². The van der Waals surface area contributed by atoms with Crippen LogP contribution in [0.2, 0.25) is 0 Å². The minimum Gasteiger partial charge on any atom is -0.459 e. The highest BCUT2D eigenvalue weighted by Crippen LogP contribution is 2.17. The van der Waals surface area contributed by atoms with Crippen molar-refractivity contribution in [3.8, 4) is 0 Å². The summed E-state index contributed by atoms with van der Waals surface area (Å²) in [5.74, 6) is -0.712. The van der Waals surface area contributed by atoms with Crippen LogP contribution in [0, 0.1) is 0 Å². The molecule has 0 unspecified atom stereocenters. The number of ether oxygens (including phenoxy) is 2. The molecule has 0 bridgehead atoms. The van der Waals surface area contributed by atoms with Crippen molar-refractivity contribution in [1.82, 2.24) is 9.88 Å². The van der Waals surface area contributed by atoms with Gasteiger partial charge in [0.25, 0.3) is 5.91 Å². The molecule has 27 heavy (non-hydrogen) atoms. The van der Waals surface area contributed by atoms with Crippen LogP contribution in [0.4, 0.5) is 5.69 Å². The normalized spacial score (nSPS) is 14.9. The number of nitrogens with one attached hydrogen (secondary N) is 1. The van der Waals surface area contributed by atoms with E-state index in [9.17, 15) is 9.59 Å². The highest BCUT2D eigenvalue weighted by molar-refractivity contribution is 7.09. The first-order valence-electron chi connectivity index (χ1n) is 8.88. The van der Waals surface area contributed by atoms with E-state index in [1.165, 1.54) is 11.3 Å². The predicted octanol–water partition coefficient (Wildman–Crippen LogP) is 2.79. The van der Waals surface area contributed by atoms with Crippen molar-refractivity contribution in [2.75, 3.05) is 31.6 Å². The van der Waals surface area contributed by atoms with E-state index < -0.39 is 5.97 Å². The van der Waals surface area contributed by atoms with E-state index in [0.29, 0.717) is 16.9 Å². The first kappa shape index (κ1) is 19.5. The predicted molar refractivity (Wildman–Crippen MR) is 103 cm³/mol. The molecular weight excluding hydrogens is 366 g/mol. The molecule has 0 saturated carbocycles. The van der Waals surface area contributed by atoms with Crippen molar-refractivity contribution in [2.24, 2.45) is 0 Å². The molecule has 0 atom stereocenters. The number of amides is 1. The maximum atomic E-state index is 12.5. The highest BCUT2D eigenvalue weighted by Gasteiger charge is 2.16. The minimum atomic E-state index is -0.414. The number of carbonyl (C=O) groups is 2. The Bertz CT molecular complexity index is 800. The second kappa shape index (κ2) is 9.07. The molecule has 1 saturated heterocycles. The Hall–Kier alpha value is -2.29. The van der Waals surface area contributed by atoms with E-state index in [1.54, 1.807) is 43.5 Å². The maximum absolute atomic E-state index is 12.5. The fourth-order valence-corrected chi connectivity index (χ4v) is 3.46. The van der Waals surface area contributed by atoms with Crippen molar-refractivity contribution in [1.29, 1.82) is 0 Å². The number of rotatable bonds is 6. The molecule has 0 spiro atoms. The molecule has 2 heterocycles. The number of hydrogen-bond acceptors (Lipinski definition) is 7. The van der Waals surface area contributed by atoms with Crippen molar-refractivity contribution in [2.45, 2.75) is 26.5 Å². The third-order valence-electron chi connectivity index (χ3n) is 3.95. The number of anilines is 1. The lowest BCUT2D eigenvalue weighted by Gasteiger charge is -2.25. The fourth-order valence-electron chi connectivity index (χ4n) is 2.64. The number of aromatic nitrogens is 1. The van der Waals surface area contributed by atoms with E-state index in [0.717, 1.165) is 37.9 Å². The Morgan fingerprint density at radius 1 is 1.33 bits per heavy atom. The van der Waals surface area contributed by atoms with E-state index in [2.05, 4.69) is 15.2 Å². The van der Waals surface area contributed by atoms with Gasteiger partial charge in [0.2, 0.25) is 0 Å². The molecular formula is C19H23N3O4S. The topological polar surface area (TPSA) is 80.8 Å². The second-order valence-electron chi connectivity index (χ2n) is 6.50. The molecule has 1 aliphatic heterocycles. The van der Waals surface area contributed by atoms with Gasteiger partial charge >= 0.3 is 5.97 Å². The van der Waals surface area contributed by atoms with Crippen LogP contribution < -0.4 is 5.32 Å². The lowest BCUT2D eigenvalue weighted by molar-refractivity contribution is 0.0341. The summed E-state index contributed by atoms with van der Waals surface area (Å²) in [6.07, 6.45) is -0.198. The molecule has 0 aliphatic carbocycles. The van der Waals surface area contributed by atoms with Gasteiger partial charge in [0, 0.05) is 24.2 Å². The van der Waals surface area contributed by atoms with Crippen LogP contribution in [-0.2, 0) is 16.0 Å². The Balaban J connectivity index is 1.61. The molecule has 0 radical (unpaired) electrons. The van der Waals surface area contributed by atoms with Crippen molar-refractivity contribution >= 4 is 28.9 Å². The van der Waals surface area contributed by atoms with Crippen molar-refractivity contribution < 1.29 is 19.1 Å². The molecule has 7 nitrogen and oxygen atoms in total. The molecule has 8 heteroatoms. The third-order valence-corrected chi connectivity index (χ3v) is 4.78. The number of carbonyl (C=O) groups excluding carboxylic acids is 2. The molecule has 1 aromatic heterocycles. The molecule has 3 rings (SSSR count). The van der Waals surface area contributed by atoms with Gasteiger partial charge < -0.3 is 14.8 Å². The summed E-state index contributed by atoms with van der Waals surface area (Å²) in [4.78, 5) is 31.1. The van der Waals surface area contributed by atoms with Crippen molar-refractivity contribution in [3.05, 3.63) is 45.9 Å². The van der Waals surface area contributed by atoms with E-state index >= 15 is 0 Å². The molecule has 1 aliphatic rings. The molecule has 1 N–H and O–H groups in total. The van der Waals surface area contributed by atoms with Gasteiger partial charge in [-0.1, -0.05) is 6.07 Å². The van der Waals surface area contributed by atoms with Crippen LogP contribution >= 0.6 is 11.3 Å². The van der Waals surface area contributed by atoms with Gasteiger partial charge in [-0.3, -0.25) is 9.69 Å². The molecule has 1 fully saturated rings. The first-order chi connectivity index (χ1) is 13.0. The van der Waals surface area contributed by atoms with E-state index in [-0.39, 0.29) is 12.0 Å². The number of hydrogen-bond donors (Lipinski definition) is 1. The van der Waals surface area contributed by atoms with E-state index in [1.807, 2.05) is 0 Å². The molecule has 2 aromatic rings. The number of thiazole rings is 1. The maximum Gasteiger partial charge on any atom is 0.338 e.